The zero-order chi connectivity index (χ0) is 13.5. The number of nitrogens with two attached hydrogens (primary N) is 1. The van der Waals surface area contributed by atoms with E-state index in [4.69, 9.17) is 5.73 Å². The van der Waals surface area contributed by atoms with Gasteiger partial charge in [0.15, 0.2) is 0 Å². The first-order valence-corrected chi connectivity index (χ1v) is 6.27. The van der Waals surface area contributed by atoms with E-state index >= 15 is 0 Å². The number of unbranched alkanes of at least 4 members (excludes halogenated alkanes) is 1. The molecule has 1 heterocycles. The molecule has 1 aromatic rings. The predicted molar refractivity (Wildman–Crippen MR) is 70.7 cm³/mol. The normalized spacial score (nSPS) is 10.6. The molecule has 0 atom stereocenters. The maximum Gasteiger partial charge on any atom is 0.333 e. The van der Waals surface area contributed by atoms with Crippen LogP contribution in [0.15, 0.2) is 0 Å². The Bertz CT molecular complexity index is 402. The molecule has 7 heteroatoms. The average Bonchev–Trinajstić information content (AvgIpc) is 2.62. The molecule has 1 aromatic heterocycles. The summed E-state index contributed by atoms with van der Waals surface area (Å²) < 4.78 is 1.68. The molecule has 0 spiro atoms. The molecule has 3 N–H and O–H groups in total. The highest BCUT2D eigenvalue weighted by molar-refractivity contribution is 5.59. The minimum Gasteiger partial charge on any atom is -0.365 e. The van der Waals surface area contributed by atoms with Crippen LogP contribution >= 0.6 is 0 Å². The van der Waals surface area contributed by atoms with Crippen LogP contribution in [0.25, 0.3) is 0 Å². The van der Waals surface area contributed by atoms with Gasteiger partial charge in [-0.25, -0.2) is 4.68 Å². The van der Waals surface area contributed by atoms with Crippen molar-refractivity contribution in [2.24, 2.45) is 5.73 Å². The summed E-state index contributed by atoms with van der Waals surface area (Å²) in [5, 5.41) is 18.4. The third-order valence-electron chi connectivity index (χ3n) is 2.64. The fourth-order valence-corrected chi connectivity index (χ4v) is 1.82. The minimum absolute atomic E-state index is 0.0798. The lowest BCUT2D eigenvalue weighted by molar-refractivity contribution is -0.384. The molecule has 102 valence electrons. The molecule has 0 radical (unpaired) electrons. The third kappa shape index (κ3) is 3.43. The maximum absolute atomic E-state index is 11.0. The van der Waals surface area contributed by atoms with Crippen LogP contribution in [0.2, 0.25) is 0 Å². The summed E-state index contributed by atoms with van der Waals surface area (Å²) in [6.07, 6.45) is 2.68. The number of nitrogens with one attached hydrogen (secondary N) is 1. The topological polar surface area (TPSA) is 99.0 Å². The summed E-state index contributed by atoms with van der Waals surface area (Å²) in [5.74, 6) is 0.511. The molecule has 0 bridgehead atoms. The third-order valence-corrected chi connectivity index (χ3v) is 2.64. The maximum atomic E-state index is 11.0. The van der Waals surface area contributed by atoms with E-state index in [-0.39, 0.29) is 10.6 Å². The Morgan fingerprint density at radius 2 is 2.22 bits per heavy atom. The van der Waals surface area contributed by atoms with Crippen LogP contribution in [0.1, 0.15) is 31.9 Å². The first-order valence-electron chi connectivity index (χ1n) is 6.27. The molecule has 0 aliphatic carbocycles. The summed E-state index contributed by atoms with van der Waals surface area (Å²) >= 11 is 0. The van der Waals surface area contributed by atoms with Crippen molar-refractivity contribution in [1.82, 2.24) is 9.78 Å². The number of hydrogen-bond acceptors (Lipinski definition) is 5. The van der Waals surface area contributed by atoms with Crippen LogP contribution in [0.4, 0.5) is 11.5 Å². The molecule has 0 aliphatic rings. The number of nitrogens with zero attached hydrogens (tertiary/aromatic N) is 3. The zero-order valence-corrected chi connectivity index (χ0v) is 11.0. The molecule has 0 saturated carbocycles. The lowest BCUT2D eigenvalue weighted by Crippen LogP contribution is -2.11. The number of nitro groups is 1. The van der Waals surface area contributed by atoms with Crippen molar-refractivity contribution in [2.75, 3.05) is 18.4 Å². The molecule has 0 saturated heterocycles. The zero-order valence-electron chi connectivity index (χ0n) is 11.0. The Balaban J connectivity index is 2.86. The van der Waals surface area contributed by atoms with Crippen molar-refractivity contribution >= 4 is 11.5 Å². The number of rotatable bonds is 8. The number of hydrogen-bond donors (Lipinski definition) is 2. The minimum atomic E-state index is -0.375. The van der Waals surface area contributed by atoms with E-state index in [0.717, 1.165) is 19.3 Å². The van der Waals surface area contributed by atoms with Crippen LogP contribution < -0.4 is 11.1 Å². The molecule has 18 heavy (non-hydrogen) atoms. The molecule has 0 fully saturated rings. The van der Waals surface area contributed by atoms with Crippen LogP contribution in [-0.2, 0) is 6.54 Å². The van der Waals surface area contributed by atoms with Gasteiger partial charge in [-0.1, -0.05) is 6.92 Å². The summed E-state index contributed by atoms with van der Waals surface area (Å²) in [4.78, 5) is 10.7. The Morgan fingerprint density at radius 1 is 1.50 bits per heavy atom. The molecular weight excluding hydrogens is 234 g/mol. The monoisotopic (exact) mass is 255 g/mol. The smallest absolute Gasteiger partial charge is 0.333 e. The van der Waals surface area contributed by atoms with Gasteiger partial charge in [0.05, 0.1) is 4.92 Å². The van der Waals surface area contributed by atoms with Crippen LogP contribution in [-0.4, -0.2) is 27.8 Å². The van der Waals surface area contributed by atoms with Crippen molar-refractivity contribution in [3.8, 4) is 0 Å². The second-order valence-corrected chi connectivity index (χ2v) is 4.19. The van der Waals surface area contributed by atoms with E-state index in [9.17, 15) is 10.1 Å². The van der Waals surface area contributed by atoms with E-state index in [1.807, 2.05) is 6.92 Å². The van der Waals surface area contributed by atoms with Crippen LogP contribution in [0.3, 0.4) is 0 Å². The van der Waals surface area contributed by atoms with Gasteiger partial charge in [0, 0.05) is 13.1 Å². The molecule has 0 aliphatic heterocycles. The lowest BCUT2D eigenvalue weighted by atomic mass is 10.3. The first-order chi connectivity index (χ1) is 8.61. The van der Waals surface area contributed by atoms with Gasteiger partial charge in [-0.3, -0.25) is 10.1 Å². The fourth-order valence-electron chi connectivity index (χ4n) is 1.82. The highest BCUT2D eigenvalue weighted by atomic mass is 16.6. The van der Waals surface area contributed by atoms with E-state index in [1.165, 1.54) is 0 Å². The van der Waals surface area contributed by atoms with Gasteiger partial charge in [0.2, 0.25) is 5.82 Å². The Hall–Kier alpha value is -1.63. The molecule has 1 rings (SSSR count). The molecular formula is C11H21N5O2. The van der Waals surface area contributed by atoms with E-state index < -0.39 is 0 Å². The van der Waals surface area contributed by atoms with Gasteiger partial charge in [0.1, 0.15) is 5.69 Å². The Kier molecular flexibility index (Phi) is 5.57. The summed E-state index contributed by atoms with van der Waals surface area (Å²) in [6.45, 7) is 5.66. The average molecular weight is 255 g/mol. The highest BCUT2D eigenvalue weighted by Crippen LogP contribution is 2.28. The quantitative estimate of drug-likeness (QED) is 0.418. The van der Waals surface area contributed by atoms with Gasteiger partial charge < -0.3 is 11.1 Å². The largest absolute Gasteiger partial charge is 0.365 e. The second-order valence-electron chi connectivity index (χ2n) is 4.19. The van der Waals surface area contributed by atoms with Crippen molar-refractivity contribution in [2.45, 2.75) is 39.7 Å². The van der Waals surface area contributed by atoms with Gasteiger partial charge in [0.25, 0.3) is 0 Å². The summed E-state index contributed by atoms with van der Waals surface area (Å²) in [5.41, 5.74) is 5.95. The van der Waals surface area contributed by atoms with Crippen LogP contribution in [0, 0.1) is 17.0 Å². The molecule has 0 unspecified atom stereocenters. The second kappa shape index (κ2) is 6.95. The summed E-state index contributed by atoms with van der Waals surface area (Å²) in [7, 11) is 0. The van der Waals surface area contributed by atoms with Gasteiger partial charge in [-0.15, -0.1) is 0 Å². The number of aryl methyl sites for hydroxylation is 2. The summed E-state index contributed by atoms with van der Waals surface area (Å²) in [6, 6.07) is 0. The highest BCUT2D eigenvalue weighted by Gasteiger charge is 2.24. The number of aromatic nitrogens is 2. The SMILES string of the molecule is CCCn1nc(C)c([N+](=O)[O-])c1NCCCCN. The van der Waals surface area contributed by atoms with E-state index in [0.29, 0.717) is 31.1 Å². The van der Waals surface area contributed by atoms with Crippen molar-refractivity contribution in [1.29, 1.82) is 0 Å². The fraction of sp³-hybridized carbons (Fsp3) is 0.727. The Labute approximate surface area is 107 Å². The standard InChI is InChI=1S/C11H21N5O2/c1-3-8-15-11(13-7-5-4-6-12)10(16(17)18)9(2)14-15/h13H,3-8,12H2,1-2H3. The van der Waals surface area contributed by atoms with Crippen molar-refractivity contribution in [3.05, 3.63) is 15.8 Å². The first kappa shape index (κ1) is 14.4. The van der Waals surface area contributed by atoms with Crippen molar-refractivity contribution in [3.63, 3.8) is 0 Å². The molecule has 0 amide bonds. The van der Waals surface area contributed by atoms with Crippen molar-refractivity contribution < 1.29 is 4.92 Å². The molecule has 7 nitrogen and oxygen atoms in total. The van der Waals surface area contributed by atoms with E-state index in [2.05, 4.69) is 10.4 Å². The Morgan fingerprint density at radius 3 is 2.78 bits per heavy atom. The number of anilines is 1. The molecule has 0 aromatic carbocycles. The van der Waals surface area contributed by atoms with Crippen LogP contribution in [0.5, 0.6) is 0 Å². The van der Waals surface area contributed by atoms with Gasteiger partial charge >= 0.3 is 5.69 Å². The van der Waals surface area contributed by atoms with Gasteiger partial charge in [-0.2, -0.15) is 5.10 Å². The van der Waals surface area contributed by atoms with Gasteiger partial charge in [-0.05, 0) is 32.7 Å². The van der Waals surface area contributed by atoms with E-state index in [1.54, 1.807) is 11.6 Å². The lowest BCUT2D eigenvalue weighted by Gasteiger charge is -2.07. The predicted octanol–water partition coefficient (Wildman–Crippen LogP) is 1.66.